The molecule has 0 aliphatic carbocycles. The van der Waals surface area contributed by atoms with Crippen LogP contribution in [0.1, 0.15) is 27.7 Å². The molecule has 0 rings (SSSR count). The van der Waals surface area contributed by atoms with Crippen LogP contribution in [0.15, 0.2) is 0 Å². The number of alkyl halides is 1. The second-order valence-electron chi connectivity index (χ2n) is 4.59. The molecule has 0 aromatic heterocycles. The number of hydrogen-bond donors (Lipinski definition) is 0. The smallest absolute Gasteiger partial charge is 0.0888 e. The average molecular weight is 333 g/mol. The largest absolute Gasteiger partial charge is 0.138 e. The molecule has 0 saturated heterocycles. The van der Waals surface area contributed by atoms with Gasteiger partial charge in [-0.15, -0.1) is 0 Å². The van der Waals surface area contributed by atoms with Crippen LogP contribution in [0, 0.1) is 11.8 Å². The Hall–Kier alpha value is 1.39. The first-order valence-corrected chi connectivity index (χ1v) is 10.5. The fraction of sp³-hybridized carbons (Fsp3) is 1.00. The Bertz CT molecular complexity index is 125. The molecule has 0 atom stereocenters. The van der Waals surface area contributed by atoms with Crippen LogP contribution in [0.25, 0.3) is 0 Å². The molecule has 0 unspecified atom stereocenters. The molecule has 0 fully saturated rings. The molecule has 0 bridgehead atoms. The molecule has 0 nitrogen and oxygen atoms in total. The van der Waals surface area contributed by atoms with Crippen molar-refractivity contribution in [3.8, 4) is 0 Å². The van der Waals surface area contributed by atoms with Crippen molar-refractivity contribution in [3.63, 3.8) is 0 Å². The van der Waals surface area contributed by atoms with E-state index in [1.807, 2.05) is 0 Å². The quantitative estimate of drug-likeness (QED) is 0.473. The number of halogens is 2. The molecule has 0 saturated carbocycles. The lowest BCUT2D eigenvalue weighted by Gasteiger charge is -2.22. The average Bonchev–Trinajstić information content (AvgIpc) is 1.81. The normalized spacial score (nSPS) is 12.9. The van der Waals surface area contributed by atoms with Crippen LogP contribution in [-0.4, -0.2) is 23.8 Å². The van der Waals surface area contributed by atoms with Gasteiger partial charge in [-0.25, -0.2) is 0 Å². The molecule has 0 amide bonds. The topological polar surface area (TPSA) is 0 Å². The summed E-state index contributed by atoms with van der Waals surface area (Å²) in [6, 6.07) is 0. The van der Waals surface area contributed by atoms with Gasteiger partial charge in [-0.3, -0.25) is 0 Å². The van der Waals surface area contributed by atoms with E-state index in [0.717, 1.165) is 17.2 Å². The molecule has 0 heterocycles. The summed E-state index contributed by atoms with van der Waals surface area (Å²) in [5.74, 6) is 0.833. The second-order valence-corrected chi connectivity index (χ2v) is 13.1. The van der Waals surface area contributed by atoms with Crippen LogP contribution in [0.3, 0.4) is 0 Å². The van der Waals surface area contributed by atoms with E-state index in [0.29, 0.717) is 0 Å². The van der Waals surface area contributed by atoms with Crippen molar-refractivity contribution in [2.45, 2.75) is 27.7 Å². The first-order valence-electron chi connectivity index (χ1n) is 5.01. The van der Waals surface area contributed by atoms with E-state index in [4.69, 9.17) is 0 Å². The molecular weight excluding hydrogens is 311 g/mol. The molecule has 0 aliphatic heterocycles. The summed E-state index contributed by atoms with van der Waals surface area (Å²) in [6.45, 7) is 9.30. The zero-order valence-corrected chi connectivity index (χ0v) is 13.3. The van der Waals surface area contributed by atoms with Crippen LogP contribution in [0.5, 0.6) is 0 Å². The van der Waals surface area contributed by atoms with Gasteiger partial charge in [0.25, 0.3) is 0 Å². The Morgan fingerprint density at radius 3 is 1.62 bits per heavy atom. The zero-order chi connectivity index (χ0) is 10.5. The van der Waals surface area contributed by atoms with Gasteiger partial charge in [0.2, 0.25) is 0 Å². The van der Waals surface area contributed by atoms with Gasteiger partial charge in [-0.1, -0.05) is 43.6 Å². The van der Waals surface area contributed by atoms with Crippen LogP contribution in [0.4, 0.5) is 0 Å². The Morgan fingerprint density at radius 2 is 1.38 bits per heavy atom. The van der Waals surface area contributed by atoms with E-state index in [2.05, 4.69) is 59.1 Å². The molecule has 0 radical (unpaired) electrons. The predicted octanol–water partition coefficient (Wildman–Crippen LogP) is 5.02. The summed E-state index contributed by atoms with van der Waals surface area (Å²) >= 11 is 7.59. The molecule has 80 valence electrons. The summed E-state index contributed by atoms with van der Waals surface area (Å²) in [6.07, 6.45) is 4.11. The van der Waals surface area contributed by atoms with E-state index in [9.17, 15) is 0 Å². The second kappa shape index (κ2) is 6.80. The van der Waals surface area contributed by atoms with Crippen molar-refractivity contribution in [1.29, 1.82) is 0 Å². The lowest BCUT2D eigenvalue weighted by atomic mass is 10.3. The highest BCUT2D eigenvalue weighted by Gasteiger charge is 2.35. The van der Waals surface area contributed by atoms with Crippen molar-refractivity contribution in [2.24, 2.45) is 11.8 Å². The minimum Gasteiger partial charge on any atom is -0.0888 e. The van der Waals surface area contributed by atoms with Gasteiger partial charge in [0, 0.05) is 5.33 Å². The van der Waals surface area contributed by atoms with Gasteiger partial charge in [0.15, 0.2) is 0 Å². The molecule has 0 spiro atoms. The van der Waals surface area contributed by atoms with E-state index in [-0.39, 0.29) is 0 Å². The monoisotopic (exact) mass is 331 g/mol. The molecular formula is C10H22Br2P+. The summed E-state index contributed by atoms with van der Waals surface area (Å²) in [4.78, 5) is 0. The molecule has 13 heavy (non-hydrogen) atoms. The van der Waals surface area contributed by atoms with Gasteiger partial charge in [-0.05, 0) is 11.8 Å². The highest BCUT2D eigenvalue weighted by Crippen LogP contribution is 2.68. The molecule has 3 heteroatoms. The highest BCUT2D eigenvalue weighted by molar-refractivity contribution is 9.42. The summed E-state index contributed by atoms with van der Waals surface area (Å²) in [7, 11) is 0. The van der Waals surface area contributed by atoms with Crippen LogP contribution >= 0.6 is 37.4 Å². The first-order chi connectivity index (χ1) is 5.89. The maximum atomic E-state index is 4.03. The third kappa shape index (κ3) is 7.33. The van der Waals surface area contributed by atoms with Gasteiger partial charge in [-0.2, -0.15) is 0 Å². The minimum absolute atomic E-state index is 0.816. The maximum absolute atomic E-state index is 4.03. The van der Waals surface area contributed by atoms with Gasteiger partial charge >= 0.3 is 0 Å². The fourth-order valence-corrected chi connectivity index (χ4v) is 12.6. The molecule has 0 N–H and O–H groups in total. The third-order valence-corrected chi connectivity index (χ3v) is 9.48. The Kier molecular flexibility index (Phi) is 7.52. The summed E-state index contributed by atoms with van der Waals surface area (Å²) in [5, 5.41) is 1.14. The van der Waals surface area contributed by atoms with E-state index in [1.165, 1.54) is 18.5 Å². The van der Waals surface area contributed by atoms with Gasteiger partial charge in [0.1, 0.15) is 15.5 Å². The summed E-state index contributed by atoms with van der Waals surface area (Å²) in [5.41, 5.74) is 0. The van der Waals surface area contributed by atoms with Crippen molar-refractivity contribution >= 4 is 37.4 Å². The highest BCUT2D eigenvalue weighted by atomic mass is 79.9. The lowest BCUT2D eigenvalue weighted by Crippen LogP contribution is -2.11. The Balaban J connectivity index is 4.15. The van der Waals surface area contributed by atoms with Crippen molar-refractivity contribution < 1.29 is 0 Å². The van der Waals surface area contributed by atoms with E-state index < -0.39 is 5.96 Å². The number of rotatable bonds is 6. The zero-order valence-electron chi connectivity index (χ0n) is 9.19. The van der Waals surface area contributed by atoms with E-state index in [1.54, 1.807) is 0 Å². The SMILES string of the molecule is CC(C)C[P+](Br)(CCBr)CC(C)C. The van der Waals surface area contributed by atoms with Crippen molar-refractivity contribution in [3.05, 3.63) is 0 Å². The predicted molar refractivity (Wildman–Crippen MR) is 73.9 cm³/mol. The Morgan fingerprint density at radius 1 is 1.00 bits per heavy atom. The minimum atomic E-state index is -0.816. The third-order valence-electron chi connectivity index (χ3n) is 1.87. The van der Waals surface area contributed by atoms with Crippen LogP contribution in [0.2, 0.25) is 0 Å². The van der Waals surface area contributed by atoms with Crippen LogP contribution < -0.4 is 0 Å². The molecule has 0 aromatic carbocycles. The standard InChI is InChI=1S/C10H22Br2P/c1-9(2)7-13(12,6-5-11)8-10(3)4/h9-10H,5-8H2,1-4H3/q+1. The van der Waals surface area contributed by atoms with E-state index >= 15 is 0 Å². The van der Waals surface area contributed by atoms with Crippen molar-refractivity contribution in [2.75, 3.05) is 23.8 Å². The van der Waals surface area contributed by atoms with Crippen LogP contribution in [-0.2, 0) is 0 Å². The molecule has 0 aliphatic rings. The van der Waals surface area contributed by atoms with Gasteiger partial charge in [0.05, 0.1) is 24.5 Å². The maximum Gasteiger partial charge on any atom is 0.138 e. The molecule has 0 aromatic rings. The Labute approximate surface area is 100 Å². The lowest BCUT2D eigenvalue weighted by molar-refractivity contribution is 0.716. The van der Waals surface area contributed by atoms with Crippen molar-refractivity contribution in [1.82, 2.24) is 0 Å². The fourth-order valence-electron chi connectivity index (χ4n) is 1.72. The van der Waals surface area contributed by atoms with Gasteiger partial charge < -0.3 is 0 Å². The number of hydrogen-bond acceptors (Lipinski definition) is 0. The summed E-state index contributed by atoms with van der Waals surface area (Å²) < 4.78 is 0. The first kappa shape index (κ1) is 14.4.